The molecule has 0 aromatic heterocycles. The van der Waals surface area contributed by atoms with Crippen molar-refractivity contribution in [2.45, 2.75) is 29.0 Å². The van der Waals surface area contributed by atoms with Crippen LogP contribution in [0.25, 0.3) is 0 Å². The second-order valence-corrected chi connectivity index (χ2v) is 6.33. The fraction of sp³-hybridized carbons (Fsp3) is 0.556. The van der Waals surface area contributed by atoms with Crippen molar-refractivity contribution in [3.8, 4) is 0 Å². The molecule has 1 fully saturated rings. The van der Waals surface area contributed by atoms with Gasteiger partial charge in [-0.15, -0.1) is 0 Å². The lowest BCUT2D eigenvalue weighted by molar-refractivity contribution is 0.530. The third-order valence-electron chi connectivity index (χ3n) is 2.76. The number of hydrogen-bond donors (Lipinski definition) is 2. The Morgan fingerprint density at radius 1 is 1.29 bits per heavy atom. The van der Waals surface area contributed by atoms with Crippen LogP contribution in [0.2, 0.25) is 0 Å². The minimum absolute atomic E-state index is 0.283. The average Bonchev–Trinajstić information content (AvgIpc) is 2.92. The Labute approximate surface area is 83.6 Å². The first kappa shape index (κ1) is 9.89. The molecule has 0 aliphatic heterocycles. The molecule has 5 heteroatoms. The van der Waals surface area contributed by atoms with Gasteiger partial charge in [-0.25, -0.2) is 8.42 Å². The number of nitrogens with two attached hydrogens (primary N) is 2. The summed E-state index contributed by atoms with van der Waals surface area (Å²) in [4.78, 5) is -1.40. The van der Waals surface area contributed by atoms with Crippen LogP contribution in [0.4, 0.5) is 0 Å². The van der Waals surface area contributed by atoms with Crippen LogP contribution in [0.3, 0.4) is 0 Å². The molecular weight excluding hydrogens is 200 g/mol. The summed E-state index contributed by atoms with van der Waals surface area (Å²) >= 11 is 0. The summed E-state index contributed by atoms with van der Waals surface area (Å²) in [5.41, 5.74) is 11.6. The molecule has 2 rings (SSSR count). The minimum Gasteiger partial charge on any atom is -0.322 e. The molecule has 0 heterocycles. The van der Waals surface area contributed by atoms with Crippen molar-refractivity contribution in [1.82, 2.24) is 0 Å². The van der Waals surface area contributed by atoms with E-state index in [0.717, 1.165) is 0 Å². The first-order valence-electron chi connectivity index (χ1n) is 4.62. The van der Waals surface area contributed by atoms with Gasteiger partial charge in [0.05, 0.1) is 11.3 Å². The fourth-order valence-electron chi connectivity index (χ4n) is 1.60. The molecule has 0 saturated heterocycles. The van der Waals surface area contributed by atoms with E-state index in [1.807, 2.05) is 0 Å². The maximum Gasteiger partial charge on any atom is 0.177 e. The number of allylic oxidation sites excluding steroid dienone is 2. The Morgan fingerprint density at radius 2 is 1.93 bits per heavy atom. The molecule has 4 N–H and O–H groups in total. The Hall–Kier alpha value is -0.650. The Morgan fingerprint density at radius 3 is 2.43 bits per heavy atom. The quantitative estimate of drug-likeness (QED) is 0.659. The normalized spacial score (nSPS) is 37.4. The van der Waals surface area contributed by atoms with Crippen molar-refractivity contribution in [1.29, 1.82) is 0 Å². The maximum atomic E-state index is 12.0. The highest BCUT2D eigenvalue weighted by Crippen LogP contribution is 2.36. The van der Waals surface area contributed by atoms with Crippen LogP contribution in [-0.4, -0.2) is 24.6 Å². The highest BCUT2D eigenvalue weighted by Gasteiger charge is 2.51. The van der Waals surface area contributed by atoms with E-state index in [1.54, 1.807) is 18.2 Å². The summed E-state index contributed by atoms with van der Waals surface area (Å²) in [7, 11) is -3.32. The molecule has 0 radical (unpaired) electrons. The molecule has 0 spiro atoms. The minimum atomic E-state index is -3.32. The molecular formula is C9H14N2O2S. The van der Waals surface area contributed by atoms with Crippen molar-refractivity contribution in [2.24, 2.45) is 11.5 Å². The topological polar surface area (TPSA) is 86.2 Å². The van der Waals surface area contributed by atoms with Gasteiger partial charge in [-0.2, -0.15) is 0 Å². The van der Waals surface area contributed by atoms with Crippen LogP contribution >= 0.6 is 0 Å². The van der Waals surface area contributed by atoms with Crippen LogP contribution in [0, 0.1) is 0 Å². The van der Waals surface area contributed by atoms with Crippen molar-refractivity contribution in [3.63, 3.8) is 0 Å². The predicted molar refractivity (Wildman–Crippen MR) is 55.1 cm³/mol. The monoisotopic (exact) mass is 214 g/mol. The van der Waals surface area contributed by atoms with Gasteiger partial charge >= 0.3 is 0 Å². The van der Waals surface area contributed by atoms with E-state index in [4.69, 9.17) is 11.5 Å². The molecule has 4 nitrogen and oxygen atoms in total. The molecule has 78 valence electrons. The summed E-state index contributed by atoms with van der Waals surface area (Å²) in [6, 6.07) is -0.641. The molecule has 2 atom stereocenters. The third-order valence-corrected chi connectivity index (χ3v) is 5.51. The average molecular weight is 214 g/mol. The Balaban J connectivity index is 2.40. The van der Waals surface area contributed by atoms with Crippen molar-refractivity contribution < 1.29 is 8.42 Å². The number of rotatable bonds is 2. The Bertz CT molecular complexity index is 395. The standard InChI is InChI=1S/C9H14N2O2S/c10-8-3-1-2-6-9(8,11)14(12,13)7-4-5-7/h1-3,6-8H,4-5,10-11H2. The molecule has 2 unspecified atom stereocenters. The van der Waals surface area contributed by atoms with E-state index in [2.05, 4.69) is 0 Å². The van der Waals surface area contributed by atoms with Gasteiger partial charge in [0.25, 0.3) is 0 Å². The molecule has 0 aromatic carbocycles. The zero-order valence-corrected chi connectivity index (χ0v) is 8.57. The maximum absolute atomic E-state index is 12.0. The molecule has 2 aliphatic carbocycles. The van der Waals surface area contributed by atoms with E-state index in [1.165, 1.54) is 6.08 Å². The Kier molecular flexibility index (Phi) is 2.06. The fourth-order valence-corrected chi connectivity index (χ4v) is 3.66. The van der Waals surface area contributed by atoms with Gasteiger partial charge in [0.2, 0.25) is 0 Å². The summed E-state index contributed by atoms with van der Waals surface area (Å²) in [6.07, 6.45) is 7.91. The summed E-state index contributed by atoms with van der Waals surface area (Å²) < 4.78 is 24.0. The zero-order valence-electron chi connectivity index (χ0n) is 7.76. The molecule has 0 aromatic rings. The predicted octanol–water partition coefficient (Wildman–Crippen LogP) is -0.328. The van der Waals surface area contributed by atoms with Crippen molar-refractivity contribution in [2.75, 3.05) is 0 Å². The van der Waals surface area contributed by atoms with Gasteiger partial charge in [-0.1, -0.05) is 18.2 Å². The van der Waals surface area contributed by atoms with E-state index in [-0.39, 0.29) is 5.25 Å². The second kappa shape index (κ2) is 2.92. The molecule has 0 amide bonds. The van der Waals surface area contributed by atoms with Gasteiger partial charge < -0.3 is 11.5 Å². The molecule has 1 saturated carbocycles. The first-order valence-corrected chi connectivity index (χ1v) is 6.17. The van der Waals surface area contributed by atoms with E-state index < -0.39 is 20.8 Å². The summed E-state index contributed by atoms with van der Waals surface area (Å²) in [6.45, 7) is 0. The summed E-state index contributed by atoms with van der Waals surface area (Å²) in [5, 5.41) is -0.283. The largest absolute Gasteiger partial charge is 0.322 e. The smallest absolute Gasteiger partial charge is 0.177 e. The van der Waals surface area contributed by atoms with Crippen LogP contribution in [-0.2, 0) is 9.84 Å². The van der Waals surface area contributed by atoms with Crippen LogP contribution in [0.15, 0.2) is 24.3 Å². The summed E-state index contributed by atoms with van der Waals surface area (Å²) in [5.74, 6) is 0. The van der Waals surface area contributed by atoms with Gasteiger partial charge in [0.15, 0.2) is 14.7 Å². The lowest BCUT2D eigenvalue weighted by atomic mass is 10.0. The van der Waals surface area contributed by atoms with Gasteiger partial charge in [0, 0.05) is 0 Å². The van der Waals surface area contributed by atoms with E-state index in [9.17, 15) is 8.42 Å². The second-order valence-electron chi connectivity index (χ2n) is 3.87. The third kappa shape index (κ3) is 1.24. The van der Waals surface area contributed by atoms with Crippen molar-refractivity contribution >= 4 is 9.84 Å². The van der Waals surface area contributed by atoms with E-state index >= 15 is 0 Å². The SMILES string of the molecule is NC1C=CC=CC1(N)S(=O)(=O)C1CC1. The molecule has 14 heavy (non-hydrogen) atoms. The highest BCUT2D eigenvalue weighted by atomic mass is 32.2. The highest BCUT2D eigenvalue weighted by molar-refractivity contribution is 7.93. The molecule has 0 bridgehead atoms. The molecule has 2 aliphatic rings. The van der Waals surface area contributed by atoms with Crippen LogP contribution in [0.5, 0.6) is 0 Å². The van der Waals surface area contributed by atoms with Gasteiger partial charge in [0.1, 0.15) is 0 Å². The first-order chi connectivity index (χ1) is 6.48. The van der Waals surface area contributed by atoms with Crippen molar-refractivity contribution in [3.05, 3.63) is 24.3 Å². The number of hydrogen-bond acceptors (Lipinski definition) is 4. The van der Waals surface area contributed by atoms with E-state index in [0.29, 0.717) is 12.8 Å². The van der Waals surface area contributed by atoms with Gasteiger partial charge in [-0.05, 0) is 18.9 Å². The van der Waals surface area contributed by atoms with Crippen LogP contribution in [0.1, 0.15) is 12.8 Å². The lowest BCUT2D eigenvalue weighted by Crippen LogP contribution is -2.60. The van der Waals surface area contributed by atoms with Gasteiger partial charge in [-0.3, -0.25) is 0 Å². The number of sulfone groups is 1. The van der Waals surface area contributed by atoms with Crippen LogP contribution < -0.4 is 11.5 Å². The zero-order chi connectivity index (χ0) is 10.4. The lowest BCUT2D eigenvalue weighted by Gasteiger charge is -2.31.